The number of rotatable bonds is 11. The first-order chi connectivity index (χ1) is 18.8. The molecule has 8 heteroatoms. The summed E-state index contributed by atoms with van der Waals surface area (Å²) in [4.78, 5) is 35.1. The number of amides is 2. The molecule has 0 saturated carbocycles. The van der Waals surface area contributed by atoms with Gasteiger partial charge in [0.15, 0.2) is 0 Å². The average molecular weight is 532 g/mol. The van der Waals surface area contributed by atoms with Crippen LogP contribution in [0, 0.1) is 5.92 Å². The Labute approximate surface area is 232 Å². The van der Waals surface area contributed by atoms with Crippen molar-refractivity contribution in [2.75, 3.05) is 51.3 Å². The Balaban J connectivity index is 1.54. The molecule has 39 heavy (non-hydrogen) atoms. The van der Waals surface area contributed by atoms with Gasteiger partial charge in [-0.2, -0.15) is 0 Å². The summed E-state index contributed by atoms with van der Waals surface area (Å²) in [6, 6.07) is 18.2. The highest BCUT2D eigenvalue weighted by Gasteiger charge is 2.22. The van der Waals surface area contributed by atoms with E-state index in [0.717, 1.165) is 36.6 Å². The zero-order valence-electron chi connectivity index (χ0n) is 23.6. The molecule has 2 amide bonds. The SMILES string of the molecule is CC(C)CC(=O)N(CCN1CCOCC1)CC(=O)Nc1nc(-c2ccccc2)cn1-c1ccc(C(C)C)cc1. The number of benzene rings is 2. The van der Waals surface area contributed by atoms with Crippen LogP contribution in [-0.4, -0.2) is 77.1 Å². The first kappa shape index (κ1) is 28.5. The van der Waals surface area contributed by atoms with Crippen molar-refractivity contribution in [1.29, 1.82) is 0 Å². The van der Waals surface area contributed by atoms with Crippen LogP contribution < -0.4 is 5.32 Å². The minimum Gasteiger partial charge on any atom is -0.379 e. The smallest absolute Gasteiger partial charge is 0.246 e. The number of hydrogen-bond acceptors (Lipinski definition) is 5. The van der Waals surface area contributed by atoms with Crippen molar-refractivity contribution < 1.29 is 14.3 Å². The minimum atomic E-state index is -0.264. The quantitative estimate of drug-likeness (QED) is 0.384. The number of aromatic nitrogens is 2. The molecule has 0 bridgehead atoms. The van der Waals surface area contributed by atoms with E-state index in [-0.39, 0.29) is 24.3 Å². The monoisotopic (exact) mass is 531 g/mol. The van der Waals surface area contributed by atoms with Gasteiger partial charge in [-0.3, -0.25) is 24.4 Å². The molecule has 1 fully saturated rings. The van der Waals surface area contributed by atoms with Crippen LogP contribution in [0.4, 0.5) is 5.95 Å². The van der Waals surface area contributed by atoms with E-state index in [1.54, 1.807) is 4.90 Å². The number of carbonyl (C=O) groups is 2. The standard InChI is InChI=1S/C31H41N5O3/c1-23(2)20-30(38)35(15-14-34-16-18-39-19-17-34)22-29(37)33-31-32-28(26-8-6-5-7-9-26)21-36(31)27-12-10-25(11-13-27)24(3)4/h5-13,21,23-24H,14-20,22H2,1-4H3,(H,32,33,37). The van der Waals surface area contributed by atoms with Crippen LogP contribution in [0.1, 0.15) is 45.6 Å². The molecule has 3 aromatic rings. The fourth-order valence-electron chi connectivity index (χ4n) is 4.63. The van der Waals surface area contributed by atoms with Gasteiger partial charge in [-0.25, -0.2) is 4.98 Å². The average Bonchev–Trinajstić information content (AvgIpc) is 3.35. The number of hydrogen-bond donors (Lipinski definition) is 1. The van der Waals surface area contributed by atoms with Crippen LogP contribution in [0.25, 0.3) is 16.9 Å². The van der Waals surface area contributed by atoms with Gasteiger partial charge in [0.05, 0.1) is 25.5 Å². The van der Waals surface area contributed by atoms with Gasteiger partial charge in [0.2, 0.25) is 17.8 Å². The van der Waals surface area contributed by atoms with Gasteiger partial charge in [-0.05, 0) is 29.5 Å². The molecule has 1 saturated heterocycles. The van der Waals surface area contributed by atoms with E-state index in [0.29, 0.717) is 38.0 Å². The molecule has 1 aliphatic rings. The molecule has 1 aromatic heterocycles. The molecule has 1 N–H and O–H groups in total. The Morgan fingerprint density at radius 2 is 1.69 bits per heavy atom. The summed E-state index contributed by atoms with van der Waals surface area (Å²) >= 11 is 0. The second-order valence-corrected chi connectivity index (χ2v) is 10.8. The number of imidazole rings is 1. The molecule has 0 atom stereocenters. The number of morpholine rings is 1. The Hall–Kier alpha value is -3.49. The van der Waals surface area contributed by atoms with Crippen LogP contribution in [0.5, 0.6) is 0 Å². The number of anilines is 1. The maximum Gasteiger partial charge on any atom is 0.246 e. The summed E-state index contributed by atoms with van der Waals surface area (Å²) in [5.74, 6) is 0.797. The molecule has 2 heterocycles. The number of nitrogens with one attached hydrogen (secondary N) is 1. The second-order valence-electron chi connectivity index (χ2n) is 10.8. The molecule has 4 rings (SSSR count). The molecule has 2 aromatic carbocycles. The van der Waals surface area contributed by atoms with E-state index >= 15 is 0 Å². The predicted octanol–water partition coefficient (Wildman–Crippen LogP) is 4.81. The van der Waals surface area contributed by atoms with Crippen LogP contribution >= 0.6 is 0 Å². The van der Waals surface area contributed by atoms with Crippen molar-refractivity contribution in [2.45, 2.75) is 40.0 Å². The maximum absolute atomic E-state index is 13.3. The van der Waals surface area contributed by atoms with Crippen molar-refractivity contribution in [2.24, 2.45) is 5.92 Å². The Morgan fingerprint density at radius 1 is 1.00 bits per heavy atom. The van der Waals surface area contributed by atoms with Crippen LogP contribution in [-0.2, 0) is 14.3 Å². The van der Waals surface area contributed by atoms with Gasteiger partial charge in [0, 0.05) is 50.0 Å². The van der Waals surface area contributed by atoms with Gasteiger partial charge < -0.3 is 9.64 Å². The number of nitrogens with zero attached hydrogens (tertiary/aromatic N) is 4. The highest BCUT2D eigenvalue weighted by Crippen LogP contribution is 2.25. The van der Waals surface area contributed by atoms with E-state index in [4.69, 9.17) is 9.72 Å². The highest BCUT2D eigenvalue weighted by atomic mass is 16.5. The van der Waals surface area contributed by atoms with E-state index < -0.39 is 0 Å². The molecule has 1 aliphatic heterocycles. The third kappa shape index (κ3) is 8.00. The van der Waals surface area contributed by atoms with Crippen molar-refractivity contribution in [3.8, 4) is 16.9 Å². The summed E-state index contributed by atoms with van der Waals surface area (Å²) in [7, 11) is 0. The van der Waals surface area contributed by atoms with Gasteiger partial charge >= 0.3 is 0 Å². The Kier molecular flexibility index (Phi) is 9.90. The second kappa shape index (κ2) is 13.5. The van der Waals surface area contributed by atoms with Crippen molar-refractivity contribution in [1.82, 2.24) is 19.4 Å². The predicted molar refractivity (Wildman–Crippen MR) is 155 cm³/mol. The van der Waals surface area contributed by atoms with Gasteiger partial charge in [0.25, 0.3) is 0 Å². The van der Waals surface area contributed by atoms with E-state index in [9.17, 15) is 9.59 Å². The zero-order valence-corrected chi connectivity index (χ0v) is 23.6. The fraction of sp³-hybridized carbons (Fsp3) is 0.452. The molecule has 0 unspecified atom stereocenters. The summed E-state index contributed by atoms with van der Waals surface area (Å²) < 4.78 is 7.34. The van der Waals surface area contributed by atoms with Crippen LogP contribution in [0.15, 0.2) is 60.8 Å². The fourth-order valence-corrected chi connectivity index (χ4v) is 4.63. The summed E-state index contributed by atoms with van der Waals surface area (Å²) in [6.07, 6.45) is 2.35. The molecule has 0 radical (unpaired) electrons. The topological polar surface area (TPSA) is 79.7 Å². The zero-order chi connectivity index (χ0) is 27.8. The molecular formula is C31H41N5O3. The van der Waals surface area contributed by atoms with E-state index in [2.05, 4.69) is 36.2 Å². The summed E-state index contributed by atoms with van der Waals surface area (Å²) in [5.41, 5.74) is 3.88. The first-order valence-electron chi connectivity index (χ1n) is 13.9. The number of ether oxygens (including phenoxy) is 1. The van der Waals surface area contributed by atoms with Crippen molar-refractivity contribution in [3.05, 3.63) is 66.4 Å². The lowest BCUT2D eigenvalue weighted by Crippen LogP contribution is -2.45. The van der Waals surface area contributed by atoms with Crippen LogP contribution in [0.3, 0.4) is 0 Å². The maximum atomic E-state index is 13.3. The third-order valence-electron chi connectivity index (χ3n) is 6.92. The van der Waals surface area contributed by atoms with Crippen LogP contribution in [0.2, 0.25) is 0 Å². The lowest BCUT2D eigenvalue weighted by Gasteiger charge is -2.30. The van der Waals surface area contributed by atoms with E-state index in [1.807, 2.05) is 67.1 Å². The molecule has 208 valence electrons. The Bertz CT molecular complexity index is 1210. The number of carbonyl (C=O) groups excluding carboxylic acids is 2. The van der Waals surface area contributed by atoms with Gasteiger partial charge in [-0.15, -0.1) is 0 Å². The molecular weight excluding hydrogens is 490 g/mol. The van der Waals surface area contributed by atoms with E-state index in [1.165, 1.54) is 5.56 Å². The summed E-state index contributed by atoms with van der Waals surface area (Å²) in [6.45, 7) is 12.6. The molecule has 0 spiro atoms. The largest absolute Gasteiger partial charge is 0.379 e. The third-order valence-corrected chi connectivity index (χ3v) is 6.92. The summed E-state index contributed by atoms with van der Waals surface area (Å²) in [5, 5.41) is 3.00. The first-order valence-corrected chi connectivity index (χ1v) is 13.9. The van der Waals surface area contributed by atoms with Crippen molar-refractivity contribution >= 4 is 17.8 Å². The lowest BCUT2D eigenvalue weighted by molar-refractivity contribution is -0.135. The van der Waals surface area contributed by atoms with Gasteiger partial charge in [-0.1, -0.05) is 70.2 Å². The Morgan fingerprint density at radius 3 is 2.33 bits per heavy atom. The molecule has 8 nitrogen and oxygen atoms in total. The van der Waals surface area contributed by atoms with Crippen molar-refractivity contribution in [3.63, 3.8) is 0 Å². The minimum absolute atomic E-state index is 0.00833. The highest BCUT2D eigenvalue weighted by molar-refractivity contribution is 5.94. The normalized spacial score (nSPS) is 14.1. The van der Waals surface area contributed by atoms with Gasteiger partial charge in [0.1, 0.15) is 0 Å². The molecule has 0 aliphatic carbocycles. The lowest BCUT2D eigenvalue weighted by atomic mass is 10.0.